The number of carbonyl (C=O) groups excluding carboxylic acids is 1. The number of nitrogens with two attached hydrogens (primary N) is 1. The molecule has 0 saturated carbocycles. The van der Waals surface area contributed by atoms with Crippen LogP contribution in [-0.2, 0) is 4.79 Å². The first-order valence-electron chi connectivity index (χ1n) is 3.84. The summed E-state index contributed by atoms with van der Waals surface area (Å²) in [7, 11) is 0. The second-order valence-corrected chi connectivity index (χ2v) is 2.79. The van der Waals surface area contributed by atoms with E-state index in [0.29, 0.717) is 5.69 Å². The molecule has 0 unspecified atom stereocenters. The van der Waals surface area contributed by atoms with Gasteiger partial charge < -0.3 is 5.73 Å². The quantitative estimate of drug-likeness (QED) is 0.583. The predicted octanol–water partition coefficient (Wildman–Crippen LogP) is 0.535. The third kappa shape index (κ3) is 2.60. The molecule has 1 aromatic heterocycles. The second kappa shape index (κ2) is 3.72. The number of nitrogens with zero attached hydrogens (tertiary/aromatic N) is 1. The number of pyridine rings is 1. The molecule has 0 fully saturated rings. The van der Waals surface area contributed by atoms with Gasteiger partial charge in [-0.15, -0.1) is 0 Å². The first-order valence-corrected chi connectivity index (χ1v) is 3.84. The molecular weight excluding hydrogens is 164 g/mol. The van der Waals surface area contributed by atoms with E-state index in [1.807, 2.05) is 19.9 Å². The molecule has 1 heterocycles. The minimum absolute atomic E-state index is 0.601. The van der Waals surface area contributed by atoms with Gasteiger partial charge in [0.25, 0.3) is 5.91 Å². The average Bonchev–Trinajstić information content (AvgIpc) is 2.02. The number of primary amides is 1. The molecular formula is C10H10N2O. The van der Waals surface area contributed by atoms with Crippen molar-refractivity contribution in [3.8, 4) is 11.8 Å². The summed E-state index contributed by atoms with van der Waals surface area (Å²) in [4.78, 5) is 14.4. The molecule has 3 heteroatoms. The van der Waals surface area contributed by atoms with E-state index in [4.69, 9.17) is 5.73 Å². The zero-order valence-corrected chi connectivity index (χ0v) is 7.59. The maximum atomic E-state index is 10.4. The first-order chi connectivity index (χ1) is 6.09. The zero-order chi connectivity index (χ0) is 9.84. The summed E-state index contributed by atoms with van der Waals surface area (Å²) in [6.07, 6.45) is 1.71. The van der Waals surface area contributed by atoms with Gasteiger partial charge in [-0.1, -0.05) is 6.07 Å². The lowest BCUT2D eigenvalue weighted by molar-refractivity contribution is -0.112. The van der Waals surface area contributed by atoms with Crippen molar-refractivity contribution in [3.05, 3.63) is 29.1 Å². The summed E-state index contributed by atoms with van der Waals surface area (Å²) in [6.45, 7) is 3.84. The van der Waals surface area contributed by atoms with E-state index in [-0.39, 0.29) is 0 Å². The lowest BCUT2D eigenvalue weighted by Gasteiger charge is -1.97. The van der Waals surface area contributed by atoms with Crippen molar-refractivity contribution in [2.24, 2.45) is 5.73 Å². The molecule has 1 aromatic rings. The van der Waals surface area contributed by atoms with Gasteiger partial charge in [-0.3, -0.25) is 4.79 Å². The van der Waals surface area contributed by atoms with Crippen LogP contribution in [0, 0.1) is 25.7 Å². The maximum Gasteiger partial charge on any atom is 0.293 e. The molecule has 0 atom stereocenters. The van der Waals surface area contributed by atoms with Crippen molar-refractivity contribution in [3.63, 3.8) is 0 Å². The monoisotopic (exact) mass is 174 g/mol. The van der Waals surface area contributed by atoms with Crippen LogP contribution < -0.4 is 5.73 Å². The van der Waals surface area contributed by atoms with Crippen LogP contribution in [0.5, 0.6) is 0 Å². The summed E-state index contributed by atoms with van der Waals surface area (Å²) in [5.41, 5.74) is 7.51. The Morgan fingerprint density at radius 3 is 2.77 bits per heavy atom. The van der Waals surface area contributed by atoms with E-state index in [2.05, 4.69) is 16.8 Å². The van der Waals surface area contributed by atoms with Crippen LogP contribution in [0.2, 0.25) is 0 Å². The molecule has 66 valence electrons. The highest BCUT2D eigenvalue weighted by molar-refractivity contribution is 5.92. The molecule has 0 aliphatic carbocycles. The molecule has 0 aliphatic rings. The van der Waals surface area contributed by atoms with Crippen LogP contribution in [0.15, 0.2) is 12.3 Å². The van der Waals surface area contributed by atoms with Gasteiger partial charge >= 0.3 is 0 Å². The van der Waals surface area contributed by atoms with E-state index in [1.165, 1.54) is 0 Å². The van der Waals surface area contributed by atoms with Crippen LogP contribution in [0.3, 0.4) is 0 Å². The largest absolute Gasteiger partial charge is 0.359 e. The van der Waals surface area contributed by atoms with E-state index in [0.717, 1.165) is 11.1 Å². The van der Waals surface area contributed by atoms with E-state index in [9.17, 15) is 4.79 Å². The van der Waals surface area contributed by atoms with Gasteiger partial charge in [0.2, 0.25) is 0 Å². The molecule has 0 radical (unpaired) electrons. The van der Waals surface area contributed by atoms with Crippen molar-refractivity contribution >= 4 is 5.91 Å². The standard InChI is InChI=1S/C10H10N2O/c1-7-5-8(2)9(12-6-7)3-4-10(11)13/h5-6H,1-2H3,(H2,11,13). The molecule has 0 aromatic carbocycles. The van der Waals surface area contributed by atoms with Gasteiger partial charge in [0, 0.05) is 12.1 Å². The van der Waals surface area contributed by atoms with Gasteiger partial charge in [-0.2, -0.15) is 0 Å². The fourth-order valence-electron chi connectivity index (χ4n) is 0.967. The Morgan fingerprint density at radius 1 is 1.54 bits per heavy atom. The number of rotatable bonds is 0. The van der Waals surface area contributed by atoms with Crippen molar-refractivity contribution in [2.45, 2.75) is 13.8 Å². The topological polar surface area (TPSA) is 56.0 Å². The number of carbonyl (C=O) groups is 1. The minimum atomic E-state index is -0.637. The molecule has 3 nitrogen and oxygen atoms in total. The van der Waals surface area contributed by atoms with Crippen LogP contribution in [0.25, 0.3) is 0 Å². The van der Waals surface area contributed by atoms with Gasteiger partial charge in [-0.05, 0) is 30.9 Å². The average molecular weight is 174 g/mol. The third-order valence-corrected chi connectivity index (χ3v) is 1.52. The second-order valence-electron chi connectivity index (χ2n) is 2.79. The third-order valence-electron chi connectivity index (χ3n) is 1.52. The molecule has 0 bridgehead atoms. The number of amides is 1. The Kier molecular flexibility index (Phi) is 2.65. The summed E-state index contributed by atoms with van der Waals surface area (Å²) < 4.78 is 0. The number of aryl methyl sites for hydroxylation is 2. The fourth-order valence-corrected chi connectivity index (χ4v) is 0.967. The van der Waals surface area contributed by atoms with Gasteiger partial charge in [0.05, 0.1) is 0 Å². The Balaban J connectivity index is 3.05. The normalized spacial score (nSPS) is 8.77. The highest BCUT2D eigenvalue weighted by atomic mass is 16.1. The lowest BCUT2D eigenvalue weighted by atomic mass is 10.2. The van der Waals surface area contributed by atoms with Gasteiger partial charge in [0.1, 0.15) is 5.69 Å². The highest BCUT2D eigenvalue weighted by Crippen LogP contribution is 2.04. The smallest absolute Gasteiger partial charge is 0.293 e. The SMILES string of the molecule is Cc1cnc(C#CC(N)=O)c(C)c1. The molecule has 2 N–H and O–H groups in total. The summed E-state index contributed by atoms with van der Waals surface area (Å²) in [5, 5.41) is 0. The summed E-state index contributed by atoms with van der Waals surface area (Å²) in [5.74, 6) is 4.22. The Labute approximate surface area is 77.0 Å². The summed E-state index contributed by atoms with van der Waals surface area (Å²) in [6, 6.07) is 1.96. The van der Waals surface area contributed by atoms with Gasteiger partial charge in [0.15, 0.2) is 0 Å². The number of hydrogen-bond acceptors (Lipinski definition) is 2. The van der Waals surface area contributed by atoms with Crippen molar-refractivity contribution in [1.82, 2.24) is 4.98 Å². The molecule has 0 saturated heterocycles. The molecule has 0 aliphatic heterocycles. The zero-order valence-electron chi connectivity index (χ0n) is 7.59. The van der Waals surface area contributed by atoms with Crippen molar-refractivity contribution in [2.75, 3.05) is 0 Å². The van der Waals surface area contributed by atoms with Crippen LogP contribution in [0.1, 0.15) is 16.8 Å². The van der Waals surface area contributed by atoms with Crippen LogP contribution in [0.4, 0.5) is 0 Å². The van der Waals surface area contributed by atoms with Crippen molar-refractivity contribution in [1.29, 1.82) is 0 Å². The Morgan fingerprint density at radius 2 is 2.23 bits per heavy atom. The van der Waals surface area contributed by atoms with E-state index < -0.39 is 5.91 Å². The maximum absolute atomic E-state index is 10.4. The van der Waals surface area contributed by atoms with E-state index >= 15 is 0 Å². The molecule has 1 amide bonds. The molecule has 1 rings (SSSR count). The van der Waals surface area contributed by atoms with Crippen LogP contribution >= 0.6 is 0 Å². The van der Waals surface area contributed by atoms with Crippen molar-refractivity contribution < 1.29 is 4.79 Å². The molecule has 13 heavy (non-hydrogen) atoms. The highest BCUT2D eigenvalue weighted by Gasteiger charge is 1.95. The first kappa shape index (κ1) is 9.27. The van der Waals surface area contributed by atoms with Gasteiger partial charge in [-0.25, -0.2) is 4.98 Å². The minimum Gasteiger partial charge on any atom is -0.359 e. The number of aromatic nitrogens is 1. The summed E-state index contributed by atoms with van der Waals surface area (Å²) >= 11 is 0. The fraction of sp³-hybridized carbons (Fsp3) is 0.200. The number of hydrogen-bond donors (Lipinski definition) is 1. The predicted molar refractivity (Wildman–Crippen MR) is 49.8 cm³/mol. The Bertz CT molecular complexity index is 399. The lowest BCUT2D eigenvalue weighted by Crippen LogP contribution is -2.06. The Hall–Kier alpha value is -1.82. The van der Waals surface area contributed by atoms with Crippen LogP contribution in [-0.4, -0.2) is 10.9 Å². The van der Waals surface area contributed by atoms with E-state index in [1.54, 1.807) is 6.20 Å². The molecule has 0 spiro atoms.